The van der Waals surface area contributed by atoms with Crippen LogP contribution in [-0.4, -0.2) is 42.0 Å². The van der Waals surface area contributed by atoms with Crippen molar-refractivity contribution in [3.63, 3.8) is 0 Å². The Kier molecular flexibility index (Phi) is 5.34. The molecule has 1 aromatic carbocycles. The highest BCUT2D eigenvalue weighted by Gasteiger charge is 2.41. The maximum atomic E-state index is 14.8. The van der Waals surface area contributed by atoms with Gasteiger partial charge in [0.1, 0.15) is 18.2 Å². The number of ether oxygens (including phenoxy) is 1. The summed E-state index contributed by atoms with van der Waals surface area (Å²) in [6, 6.07) is 2.59. The lowest BCUT2D eigenvalue weighted by Gasteiger charge is -2.52. The molecule has 4 nitrogen and oxygen atoms in total. The number of benzene rings is 1. The number of alkyl halides is 2. The molecule has 0 radical (unpaired) electrons. The van der Waals surface area contributed by atoms with Crippen molar-refractivity contribution < 1.29 is 23.0 Å². The molecule has 1 aliphatic carbocycles. The number of piperazine rings is 1. The Morgan fingerprint density at radius 2 is 2.04 bits per heavy atom. The standard InChI is InChI=1S/C18H24ClF3N2O2/c1-17(2)9-24(14-6-4-3-5-13(14)23-17)15-7-11(19)16(8-12(15)20)26-18(21,22)10-25/h7-8,13-14,23,25H,3-6,9-10H2,1-2H3/t13-,14-/m0/s1. The van der Waals surface area contributed by atoms with E-state index >= 15 is 0 Å². The SMILES string of the molecule is CC1(C)CN(c2cc(Cl)c(OC(F)(F)CO)cc2F)[C@H]2CCCC[C@@H]2N1. The first-order valence-electron chi connectivity index (χ1n) is 8.83. The average Bonchev–Trinajstić information content (AvgIpc) is 2.56. The van der Waals surface area contributed by atoms with Crippen LogP contribution in [0.5, 0.6) is 5.75 Å². The van der Waals surface area contributed by atoms with Crippen LogP contribution >= 0.6 is 11.6 Å². The second kappa shape index (κ2) is 7.09. The highest BCUT2D eigenvalue weighted by molar-refractivity contribution is 6.32. The quantitative estimate of drug-likeness (QED) is 0.814. The van der Waals surface area contributed by atoms with Crippen LogP contribution in [0.1, 0.15) is 39.5 Å². The Morgan fingerprint density at radius 1 is 1.35 bits per heavy atom. The number of hydrogen-bond acceptors (Lipinski definition) is 4. The number of anilines is 1. The van der Waals surface area contributed by atoms with Gasteiger partial charge in [0.05, 0.1) is 10.7 Å². The summed E-state index contributed by atoms with van der Waals surface area (Å²) in [7, 11) is 0. The number of aliphatic hydroxyl groups is 1. The smallest absolute Gasteiger partial charge is 0.421 e. The zero-order chi connectivity index (χ0) is 19.1. The lowest BCUT2D eigenvalue weighted by molar-refractivity contribution is -0.200. The zero-order valence-corrected chi connectivity index (χ0v) is 15.6. The van der Waals surface area contributed by atoms with Crippen LogP contribution < -0.4 is 15.0 Å². The fraction of sp³-hybridized carbons (Fsp3) is 0.667. The molecule has 0 spiro atoms. The van der Waals surface area contributed by atoms with Crippen LogP contribution in [0, 0.1) is 5.82 Å². The monoisotopic (exact) mass is 392 g/mol. The molecule has 2 atom stereocenters. The molecular formula is C18H24ClF3N2O2. The summed E-state index contributed by atoms with van der Waals surface area (Å²) in [6.45, 7) is 3.18. The van der Waals surface area contributed by atoms with Crippen LogP contribution in [0.4, 0.5) is 18.9 Å². The van der Waals surface area contributed by atoms with Gasteiger partial charge in [0, 0.05) is 30.2 Å². The largest absolute Gasteiger partial charge is 0.429 e. The van der Waals surface area contributed by atoms with Crippen molar-refractivity contribution >= 4 is 17.3 Å². The van der Waals surface area contributed by atoms with Gasteiger partial charge in [-0.2, -0.15) is 8.78 Å². The molecule has 146 valence electrons. The summed E-state index contributed by atoms with van der Waals surface area (Å²) >= 11 is 6.08. The minimum absolute atomic E-state index is 0.113. The van der Waals surface area contributed by atoms with Crippen molar-refractivity contribution in [3.05, 3.63) is 23.0 Å². The summed E-state index contributed by atoms with van der Waals surface area (Å²) < 4.78 is 45.7. The molecule has 0 aromatic heterocycles. The van der Waals surface area contributed by atoms with E-state index in [2.05, 4.69) is 23.9 Å². The van der Waals surface area contributed by atoms with Crippen LogP contribution in [0.2, 0.25) is 5.02 Å². The Morgan fingerprint density at radius 3 is 2.73 bits per heavy atom. The highest BCUT2D eigenvalue weighted by atomic mass is 35.5. The maximum absolute atomic E-state index is 14.8. The van der Waals surface area contributed by atoms with Gasteiger partial charge in [0.15, 0.2) is 0 Å². The molecule has 26 heavy (non-hydrogen) atoms. The molecule has 8 heteroatoms. The normalized spacial score (nSPS) is 25.7. The van der Waals surface area contributed by atoms with Gasteiger partial charge in [-0.1, -0.05) is 24.4 Å². The number of rotatable bonds is 4. The van der Waals surface area contributed by atoms with Gasteiger partial charge in [-0.05, 0) is 32.8 Å². The molecule has 2 aliphatic rings. The van der Waals surface area contributed by atoms with Crippen LogP contribution in [0.25, 0.3) is 0 Å². The lowest BCUT2D eigenvalue weighted by atomic mass is 9.83. The van der Waals surface area contributed by atoms with Crippen LogP contribution in [0.3, 0.4) is 0 Å². The van der Waals surface area contributed by atoms with Crippen molar-refractivity contribution in [1.29, 1.82) is 0 Å². The number of hydrogen-bond donors (Lipinski definition) is 2. The first-order chi connectivity index (χ1) is 12.1. The molecule has 0 unspecified atom stereocenters. The third-order valence-electron chi connectivity index (χ3n) is 5.03. The number of nitrogens with one attached hydrogen (secondary N) is 1. The van der Waals surface area contributed by atoms with Gasteiger partial charge >= 0.3 is 6.11 Å². The molecule has 0 amide bonds. The predicted molar refractivity (Wildman–Crippen MR) is 94.7 cm³/mol. The van der Waals surface area contributed by atoms with Gasteiger partial charge in [0.25, 0.3) is 0 Å². The van der Waals surface area contributed by atoms with Crippen LogP contribution in [-0.2, 0) is 0 Å². The van der Waals surface area contributed by atoms with E-state index in [1.807, 2.05) is 4.90 Å². The van der Waals surface area contributed by atoms with E-state index in [1.54, 1.807) is 0 Å². The van der Waals surface area contributed by atoms with Crippen molar-refractivity contribution in [2.45, 2.75) is 63.3 Å². The number of halogens is 4. The molecule has 1 saturated carbocycles. The third-order valence-corrected chi connectivity index (χ3v) is 5.32. The van der Waals surface area contributed by atoms with E-state index in [-0.39, 0.29) is 22.6 Å². The van der Waals surface area contributed by atoms with E-state index in [0.717, 1.165) is 31.7 Å². The van der Waals surface area contributed by atoms with E-state index in [0.29, 0.717) is 12.2 Å². The van der Waals surface area contributed by atoms with E-state index in [1.165, 1.54) is 6.07 Å². The molecule has 3 rings (SSSR count). The fourth-order valence-electron chi connectivity index (χ4n) is 4.02. The van der Waals surface area contributed by atoms with E-state index in [4.69, 9.17) is 16.7 Å². The second-order valence-corrected chi connectivity index (χ2v) is 8.15. The van der Waals surface area contributed by atoms with Gasteiger partial charge in [-0.3, -0.25) is 0 Å². The molecule has 2 fully saturated rings. The number of fused-ring (bicyclic) bond motifs is 1. The predicted octanol–water partition coefficient (Wildman–Crippen LogP) is 3.94. The molecular weight excluding hydrogens is 369 g/mol. The molecule has 2 N–H and O–H groups in total. The summed E-state index contributed by atoms with van der Waals surface area (Å²) in [4.78, 5) is 2.00. The maximum Gasteiger partial charge on any atom is 0.421 e. The molecule has 1 aromatic rings. The molecule has 1 heterocycles. The first kappa shape index (κ1) is 19.6. The van der Waals surface area contributed by atoms with E-state index in [9.17, 15) is 13.2 Å². The third kappa shape index (κ3) is 4.05. The zero-order valence-electron chi connectivity index (χ0n) is 14.9. The van der Waals surface area contributed by atoms with Gasteiger partial charge < -0.3 is 20.1 Å². The molecule has 0 bridgehead atoms. The fourth-order valence-corrected chi connectivity index (χ4v) is 4.21. The van der Waals surface area contributed by atoms with Crippen molar-refractivity contribution in [2.24, 2.45) is 0 Å². The van der Waals surface area contributed by atoms with Crippen LogP contribution in [0.15, 0.2) is 12.1 Å². The van der Waals surface area contributed by atoms with Gasteiger partial charge in [0.2, 0.25) is 0 Å². The highest BCUT2D eigenvalue weighted by Crippen LogP contribution is 2.39. The molecule has 1 saturated heterocycles. The minimum Gasteiger partial charge on any atom is -0.429 e. The van der Waals surface area contributed by atoms with Crippen molar-refractivity contribution in [3.8, 4) is 5.75 Å². The summed E-state index contributed by atoms with van der Waals surface area (Å²) in [5.41, 5.74) is 0.0809. The molecule has 1 aliphatic heterocycles. The first-order valence-corrected chi connectivity index (χ1v) is 9.21. The van der Waals surface area contributed by atoms with Crippen molar-refractivity contribution in [2.75, 3.05) is 18.1 Å². The van der Waals surface area contributed by atoms with E-state index < -0.39 is 24.3 Å². The topological polar surface area (TPSA) is 44.7 Å². The number of nitrogens with zero attached hydrogens (tertiary/aromatic N) is 1. The number of aliphatic hydroxyl groups excluding tert-OH is 1. The Hall–Kier alpha value is -1.18. The Balaban J connectivity index is 1.93. The van der Waals surface area contributed by atoms with Gasteiger partial charge in [-0.25, -0.2) is 4.39 Å². The second-order valence-electron chi connectivity index (χ2n) is 7.75. The average molecular weight is 393 g/mol. The Bertz CT molecular complexity index is 672. The summed E-state index contributed by atoms with van der Waals surface area (Å²) in [5, 5.41) is 12.2. The lowest BCUT2D eigenvalue weighted by Crippen LogP contribution is -2.67. The van der Waals surface area contributed by atoms with Crippen molar-refractivity contribution in [1.82, 2.24) is 5.32 Å². The Labute approximate surface area is 156 Å². The summed E-state index contributed by atoms with van der Waals surface area (Å²) in [5.74, 6) is -1.15. The summed E-state index contributed by atoms with van der Waals surface area (Å²) in [6.07, 6.45) is 0.335. The van der Waals surface area contributed by atoms with Gasteiger partial charge in [-0.15, -0.1) is 0 Å². The minimum atomic E-state index is -3.82.